The van der Waals surface area contributed by atoms with Crippen LogP contribution < -0.4 is 0 Å². The van der Waals surface area contributed by atoms with Gasteiger partial charge in [0, 0.05) is 0 Å². The molecule has 0 heterocycles. The molecule has 13 unspecified atom stereocenters. The summed E-state index contributed by atoms with van der Waals surface area (Å²) in [4.78, 5) is 0. The van der Waals surface area contributed by atoms with E-state index >= 15 is 0 Å². The van der Waals surface area contributed by atoms with Gasteiger partial charge in [-0.25, -0.2) is 0 Å². The Kier molecular flexibility index (Phi) is 8.05. The molecule has 13 atom stereocenters. The molecule has 5 fully saturated rings. The monoisotopic (exact) mass is 525 g/mol. The SMILES string of the molecule is CC1CCC(CCC2CCC(C)C3C(C)C4C(C)C5(C)C(C)C(C(C)C)C(C)CC5(C)CC4(C)CC23)CC1. The molecule has 0 aromatic heterocycles. The van der Waals surface area contributed by atoms with E-state index < -0.39 is 0 Å². The molecule has 0 N–H and O–H groups in total. The molecule has 0 aromatic rings. The van der Waals surface area contributed by atoms with Crippen LogP contribution in [-0.2, 0) is 0 Å². The summed E-state index contributed by atoms with van der Waals surface area (Å²) in [6.45, 7) is 29.4. The molecule has 0 spiro atoms. The third-order valence-corrected chi connectivity index (χ3v) is 15.8. The lowest BCUT2D eigenvalue weighted by Crippen LogP contribution is -2.67. The second kappa shape index (κ2) is 10.4. The maximum absolute atomic E-state index is 2.81. The predicted octanol–water partition coefficient (Wildman–Crippen LogP) is 11.5. The maximum atomic E-state index is 2.81. The molecule has 0 amide bonds. The first-order valence-corrected chi connectivity index (χ1v) is 17.7. The summed E-state index contributed by atoms with van der Waals surface area (Å²) in [5, 5.41) is 0. The summed E-state index contributed by atoms with van der Waals surface area (Å²) in [5.41, 5.74) is 1.49. The van der Waals surface area contributed by atoms with Crippen molar-refractivity contribution in [3.8, 4) is 0 Å². The van der Waals surface area contributed by atoms with Gasteiger partial charge in [-0.2, -0.15) is 0 Å². The van der Waals surface area contributed by atoms with Crippen LogP contribution in [0, 0.1) is 93.2 Å². The molecule has 38 heavy (non-hydrogen) atoms. The van der Waals surface area contributed by atoms with Gasteiger partial charge in [-0.3, -0.25) is 0 Å². The van der Waals surface area contributed by atoms with E-state index in [1.54, 1.807) is 19.3 Å². The molecule has 0 aliphatic heterocycles. The van der Waals surface area contributed by atoms with E-state index in [1.165, 1.54) is 51.4 Å². The van der Waals surface area contributed by atoms with E-state index in [2.05, 4.69) is 76.2 Å². The third-order valence-electron chi connectivity index (χ3n) is 15.8. The minimum atomic E-state index is 0.467. The second-order valence-corrected chi connectivity index (χ2v) is 18.1. The van der Waals surface area contributed by atoms with Crippen LogP contribution in [0.5, 0.6) is 0 Å². The molecule has 0 heteroatoms. The Hall–Kier alpha value is 0. The average molecular weight is 525 g/mol. The van der Waals surface area contributed by atoms with Gasteiger partial charge < -0.3 is 0 Å². The quantitative estimate of drug-likeness (QED) is 0.343. The Bertz CT molecular complexity index is 818. The molecule has 5 aliphatic carbocycles. The highest BCUT2D eigenvalue weighted by Gasteiger charge is 2.68. The lowest BCUT2D eigenvalue weighted by molar-refractivity contribution is -0.247. The zero-order chi connectivity index (χ0) is 27.8. The van der Waals surface area contributed by atoms with Gasteiger partial charge in [0.25, 0.3) is 0 Å². The van der Waals surface area contributed by atoms with Crippen LogP contribution >= 0.6 is 0 Å². The normalized spacial score (nSPS) is 57.2. The van der Waals surface area contributed by atoms with E-state index in [-0.39, 0.29) is 0 Å². The number of rotatable bonds is 4. The van der Waals surface area contributed by atoms with Crippen molar-refractivity contribution in [3.63, 3.8) is 0 Å². The van der Waals surface area contributed by atoms with Crippen molar-refractivity contribution < 1.29 is 0 Å². The van der Waals surface area contributed by atoms with Gasteiger partial charge in [-0.05, 0) is 125 Å². The van der Waals surface area contributed by atoms with E-state index in [9.17, 15) is 0 Å². The molecule has 5 aliphatic rings. The van der Waals surface area contributed by atoms with Crippen LogP contribution in [0.15, 0.2) is 0 Å². The zero-order valence-electron chi connectivity index (χ0n) is 27.8. The molecule has 0 bridgehead atoms. The summed E-state index contributed by atoms with van der Waals surface area (Å²) in [5.74, 6) is 12.0. The number of fused-ring (bicyclic) bond motifs is 3. The minimum Gasteiger partial charge on any atom is -0.0625 e. The molecular formula is C38H68. The molecule has 5 rings (SSSR count). The molecular weight excluding hydrogens is 456 g/mol. The van der Waals surface area contributed by atoms with Crippen molar-refractivity contribution in [2.45, 2.75) is 147 Å². The van der Waals surface area contributed by atoms with Crippen molar-refractivity contribution >= 4 is 0 Å². The molecule has 220 valence electrons. The lowest BCUT2D eigenvalue weighted by Gasteiger charge is -2.73. The fraction of sp³-hybridized carbons (Fsp3) is 1.00. The second-order valence-electron chi connectivity index (χ2n) is 18.1. The maximum Gasteiger partial charge on any atom is -0.0215 e. The topological polar surface area (TPSA) is 0 Å². The van der Waals surface area contributed by atoms with E-state index in [1.807, 2.05) is 0 Å². The average Bonchev–Trinajstić information content (AvgIpc) is 2.81. The van der Waals surface area contributed by atoms with Crippen LogP contribution in [-0.4, -0.2) is 0 Å². The van der Waals surface area contributed by atoms with Crippen molar-refractivity contribution in [1.29, 1.82) is 0 Å². The fourth-order valence-corrected chi connectivity index (χ4v) is 14.3. The van der Waals surface area contributed by atoms with Gasteiger partial charge in [0.05, 0.1) is 0 Å². The summed E-state index contributed by atoms with van der Waals surface area (Å²) < 4.78 is 0. The summed E-state index contributed by atoms with van der Waals surface area (Å²) >= 11 is 0. The number of hydrogen-bond donors (Lipinski definition) is 0. The zero-order valence-corrected chi connectivity index (χ0v) is 27.8. The van der Waals surface area contributed by atoms with Crippen LogP contribution in [0.4, 0.5) is 0 Å². The van der Waals surface area contributed by atoms with Crippen molar-refractivity contribution in [2.24, 2.45) is 93.2 Å². The van der Waals surface area contributed by atoms with Crippen molar-refractivity contribution in [1.82, 2.24) is 0 Å². The molecule has 0 aromatic carbocycles. The van der Waals surface area contributed by atoms with Gasteiger partial charge in [-0.15, -0.1) is 0 Å². The first-order valence-electron chi connectivity index (χ1n) is 17.7. The lowest BCUT2D eigenvalue weighted by atomic mass is 9.32. The molecule has 0 saturated heterocycles. The van der Waals surface area contributed by atoms with Gasteiger partial charge in [0.2, 0.25) is 0 Å². The highest BCUT2D eigenvalue weighted by atomic mass is 14.7. The van der Waals surface area contributed by atoms with Gasteiger partial charge in [0.1, 0.15) is 0 Å². The van der Waals surface area contributed by atoms with Crippen LogP contribution in [0.25, 0.3) is 0 Å². The Morgan fingerprint density at radius 1 is 0.711 bits per heavy atom. The summed E-state index contributed by atoms with van der Waals surface area (Å²) in [7, 11) is 0. The molecule has 0 nitrogen and oxygen atoms in total. The van der Waals surface area contributed by atoms with Gasteiger partial charge in [-0.1, -0.05) is 115 Å². The Morgan fingerprint density at radius 2 is 1.37 bits per heavy atom. The van der Waals surface area contributed by atoms with E-state index in [4.69, 9.17) is 0 Å². The van der Waals surface area contributed by atoms with Crippen molar-refractivity contribution in [3.05, 3.63) is 0 Å². The van der Waals surface area contributed by atoms with Gasteiger partial charge in [0.15, 0.2) is 0 Å². The summed E-state index contributed by atoms with van der Waals surface area (Å²) in [6, 6.07) is 0. The molecule has 5 saturated carbocycles. The Balaban J connectivity index is 1.42. The van der Waals surface area contributed by atoms with E-state index in [0.29, 0.717) is 16.2 Å². The van der Waals surface area contributed by atoms with Crippen LogP contribution in [0.1, 0.15) is 147 Å². The van der Waals surface area contributed by atoms with Crippen LogP contribution in [0.3, 0.4) is 0 Å². The van der Waals surface area contributed by atoms with Gasteiger partial charge >= 0.3 is 0 Å². The Morgan fingerprint density at radius 3 is 2.00 bits per heavy atom. The highest BCUT2D eigenvalue weighted by molar-refractivity contribution is 5.16. The summed E-state index contributed by atoms with van der Waals surface area (Å²) in [6.07, 6.45) is 16.7. The number of hydrogen-bond acceptors (Lipinski definition) is 0. The van der Waals surface area contributed by atoms with Crippen molar-refractivity contribution in [2.75, 3.05) is 0 Å². The molecule has 0 radical (unpaired) electrons. The third kappa shape index (κ3) is 4.50. The first-order chi connectivity index (χ1) is 17.7. The fourth-order valence-electron chi connectivity index (χ4n) is 14.3. The highest BCUT2D eigenvalue weighted by Crippen LogP contribution is 2.75. The Labute approximate surface area is 239 Å². The minimum absolute atomic E-state index is 0.467. The van der Waals surface area contributed by atoms with E-state index in [0.717, 1.165) is 76.9 Å². The van der Waals surface area contributed by atoms with Crippen LogP contribution in [0.2, 0.25) is 0 Å². The first kappa shape index (κ1) is 29.5. The predicted molar refractivity (Wildman–Crippen MR) is 166 cm³/mol. The standard InChI is InChI=1S/C38H68/c1-23(2)33-26(5)20-37(10)22-36(9)21-32-31(19-17-30-15-12-24(3)13-16-30)18-14-25(4)34(32)27(6)35(36)29(8)38(37,11)28(33)7/h23-35H,12-22H2,1-11H3. The largest absolute Gasteiger partial charge is 0.0625 e. The smallest absolute Gasteiger partial charge is 0.0215 e.